The van der Waals surface area contributed by atoms with Gasteiger partial charge in [0.25, 0.3) is 5.92 Å². The predicted octanol–water partition coefficient (Wildman–Crippen LogP) is 1.17. The smallest absolute Gasteiger partial charge is 0.322 e. The van der Waals surface area contributed by atoms with Gasteiger partial charge in [-0.25, -0.2) is 8.78 Å². The first-order chi connectivity index (χ1) is 8.93. The predicted molar refractivity (Wildman–Crippen MR) is 66.5 cm³/mol. The van der Waals surface area contributed by atoms with Gasteiger partial charge in [-0.2, -0.15) is 0 Å². The first kappa shape index (κ1) is 18.7. The van der Waals surface area contributed by atoms with Gasteiger partial charge in [-0.1, -0.05) is 0 Å². The molecule has 1 atom stereocenters. The summed E-state index contributed by atoms with van der Waals surface area (Å²) in [7, 11) is 0. The molecular formula is C12H21F2NO5. The molecule has 0 saturated heterocycles. The van der Waals surface area contributed by atoms with Gasteiger partial charge in [0, 0.05) is 6.42 Å². The van der Waals surface area contributed by atoms with E-state index in [9.17, 15) is 18.4 Å². The van der Waals surface area contributed by atoms with Crippen molar-refractivity contribution in [2.24, 2.45) is 5.73 Å². The van der Waals surface area contributed by atoms with E-state index in [0.717, 1.165) is 0 Å². The van der Waals surface area contributed by atoms with Crippen LogP contribution in [0.5, 0.6) is 0 Å². The Hall–Kier alpha value is -1.28. The van der Waals surface area contributed by atoms with Gasteiger partial charge in [-0.15, -0.1) is 0 Å². The topological polar surface area (TPSA) is 98.9 Å². The summed E-state index contributed by atoms with van der Waals surface area (Å²) in [6.07, 6.45) is -1.18. The molecule has 0 aromatic rings. The third-order valence-electron chi connectivity index (χ3n) is 2.04. The quantitative estimate of drug-likeness (QED) is 0.653. The van der Waals surface area contributed by atoms with Gasteiger partial charge in [0.15, 0.2) is 0 Å². The zero-order valence-electron chi connectivity index (χ0n) is 11.8. The minimum absolute atomic E-state index is 0.446. The maximum atomic E-state index is 13.3. The van der Waals surface area contributed by atoms with Gasteiger partial charge in [0.2, 0.25) is 0 Å². The maximum Gasteiger partial charge on any atom is 0.322 e. The van der Waals surface area contributed by atoms with Gasteiger partial charge in [0.05, 0.1) is 13.0 Å². The van der Waals surface area contributed by atoms with Gasteiger partial charge in [-0.05, 0) is 20.8 Å². The monoisotopic (exact) mass is 297 g/mol. The molecule has 0 aliphatic heterocycles. The van der Waals surface area contributed by atoms with E-state index in [1.165, 1.54) is 0 Å². The fraction of sp³-hybridized carbons (Fsp3) is 0.833. The second-order valence-electron chi connectivity index (χ2n) is 5.40. The van der Waals surface area contributed by atoms with Crippen LogP contribution in [0.25, 0.3) is 0 Å². The molecule has 0 aromatic carbocycles. The summed E-state index contributed by atoms with van der Waals surface area (Å²) in [5, 5.41) is 8.44. The SMILES string of the molecule is CC(C)(C)OC(=O)CCC(F)(F)COC[C@H](N)C(=O)O. The molecule has 3 N–H and O–H groups in total. The summed E-state index contributed by atoms with van der Waals surface area (Å²) in [6, 6.07) is -1.35. The Balaban J connectivity index is 4.01. The molecule has 0 spiro atoms. The van der Waals surface area contributed by atoms with Crippen molar-refractivity contribution in [3.8, 4) is 0 Å². The Labute approximate surface area is 116 Å². The summed E-state index contributed by atoms with van der Waals surface area (Å²) in [4.78, 5) is 21.6. The molecule has 118 valence electrons. The van der Waals surface area contributed by atoms with E-state index in [-0.39, 0.29) is 0 Å². The second kappa shape index (κ2) is 7.49. The molecule has 0 rings (SSSR count). The average Bonchev–Trinajstić information content (AvgIpc) is 2.23. The molecule has 6 nitrogen and oxygen atoms in total. The van der Waals surface area contributed by atoms with E-state index in [0.29, 0.717) is 0 Å². The van der Waals surface area contributed by atoms with Crippen molar-refractivity contribution in [3.63, 3.8) is 0 Å². The normalized spacial score (nSPS) is 13.9. The van der Waals surface area contributed by atoms with E-state index in [4.69, 9.17) is 15.6 Å². The Morgan fingerprint density at radius 3 is 2.30 bits per heavy atom. The van der Waals surface area contributed by atoms with Crippen molar-refractivity contribution < 1.29 is 33.0 Å². The standard InChI is InChI=1S/C12H21F2NO5/c1-11(2,3)20-9(16)4-5-12(13,14)7-19-6-8(15)10(17)18/h8H,4-7,15H2,1-3H3,(H,17,18)/t8-/m0/s1. The molecule has 0 aliphatic carbocycles. The van der Waals surface area contributed by atoms with Crippen LogP contribution >= 0.6 is 0 Å². The van der Waals surface area contributed by atoms with E-state index in [2.05, 4.69) is 4.74 Å². The molecule has 0 radical (unpaired) electrons. The number of ether oxygens (including phenoxy) is 2. The summed E-state index contributed by atoms with van der Waals surface area (Å²) in [6.45, 7) is 3.41. The molecule has 0 fully saturated rings. The lowest BCUT2D eigenvalue weighted by Crippen LogP contribution is -2.37. The lowest BCUT2D eigenvalue weighted by atomic mass is 10.1. The number of aliphatic carboxylic acids is 1. The zero-order valence-corrected chi connectivity index (χ0v) is 11.8. The molecule has 0 aromatic heterocycles. The Morgan fingerprint density at radius 1 is 1.30 bits per heavy atom. The fourth-order valence-electron chi connectivity index (χ4n) is 1.16. The number of nitrogens with two attached hydrogens (primary N) is 1. The van der Waals surface area contributed by atoms with Crippen LogP contribution in [-0.2, 0) is 19.1 Å². The van der Waals surface area contributed by atoms with Crippen molar-refractivity contribution in [2.45, 2.75) is 51.2 Å². The molecule has 0 saturated carbocycles. The van der Waals surface area contributed by atoms with Crippen LogP contribution in [0.2, 0.25) is 0 Å². The number of hydrogen-bond donors (Lipinski definition) is 2. The summed E-state index contributed by atoms with van der Waals surface area (Å²) in [5.41, 5.74) is 4.37. The van der Waals surface area contributed by atoms with Gasteiger partial charge in [-0.3, -0.25) is 9.59 Å². The maximum absolute atomic E-state index is 13.3. The van der Waals surface area contributed by atoms with Crippen molar-refractivity contribution in [1.29, 1.82) is 0 Å². The minimum atomic E-state index is -3.24. The number of carbonyl (C=O) groups is 2. The molecule has 8 heteroatoms. The Kier molecular flexibility index (Phi) is 7.01. The van der Waals surface area contributed by atoms with Crippen molar-refractivity contribution in [3.05, 3.63) is 0 Å². The van der Waals surface area contributed by atoms with Gasteiger partial charge < -0.3 is 20.3 Å². The molecule has 20 heavy (non-hydrogen) atoms. The van der Waals surface area contributed by atoms with Crippen LogP contribution in [0.1, 0.15) is 33.6 Å². The highest BCUT2D eigenvalue weighted by molar-refractivity contribution is 5.73. The van der Waals surface area contributed by atoms with Crippen molar-refractivity contribution >= 4 is 11.9 Å². The van der Waals surface area contributed by atoms with Crippen molar-refractivity contribution in [2.75, 3.05) is 13.2 Å². The largest absolute Gasteiger partial charge is 0.480 e. The van der Waals surface area contributed by atoms with Crippen LogP contribution in [0, 0.1) is 0 Å². The number of carboxylic acids is 1. The number of halogens is 2. The molecule has 0 unspecified atom stereocenters. The molecule has 0 aliphatic rings. The third kappa shape index (κ3) is 9.62. The molecule has 0 heterocycles. The summed E-state index contributed by atoms with van der Waals surface area (Å²) < 4.78 is 36.1. The number of carboxylic acid groups (broad SMARTS) is 1. The Bertz CT molecular complexity index is 341. The number of alkyl halides is 2. The van der Waals surface area contributed by atoms with Crippen LogP contribution in [0.4, 0.5) is 8.78 Å². The number of rotatable bonds is 8. The molecule has 0 bridgehead atoms. The highest BCUT2D eigenvalue weighted by atomic mass is 19.3. The van der Waals surface area contributed by atoms with E-state index >= 15 is 0 Å². The summed E-state index contributed by atoms with van der Waals surface area (Å²) >= 11 is 0. The van der Waals surface area contributed by atoms with E-state index < -0.39 is 55.6 Å². The molecular weight excluding hydrogens is 276 g/mol. The number of hydrogen-bond acceptors (Lipinski definition) is 5. The first-order valence-electron chi connectivity index (χ1n) is 6.09. The second-order valence-corrected chi connectivity index (χ2v) is 5.40. The van der Waals surface area contributed by atoms with E-state index in [1.54, 1.807) is 20.8 Å². The van der Waals surface area contributed by atoms with Crippen LogP contribution in [-0.4, -0.2) is 47.8 Å². The first-order valence-corrected chi connectivity index (χ1v) is 6.09. The number of carbonyl (C=O) groups excluding carboxylic acids is 1. The lowest BCUT2D eigenvalue weighted by molar-refractivity contribution is -0.158. The van der Waals surface area contributed by atoms with Crippen molar-refractivity contribution in [1.82, 2.24) is 0 Å². The third-order valence-corrected chi connectivity index (χ3v) is 2.04. The number of esters is 1. The minimum Gasteiger partial charge on any atom is -0.480 e. The highest BCUT2D eigenvalue weighted by Gasteiger charge is 2.31. The summed E-state index contributed by atoms with van der Waals surface area (Å²) in [5.74, 6) is -5.30. The zero-order chi connectivity index (χ0) is 16.0. The lowest BCUT2D eigenvalue weighted by Gasteiger charge is -2.21. The highest BCUT2D eigenvalue weighted by Crippen LogP contribution is 2.22. The molecule has 0 amide bonds. The van der Waals surface area contributed by atoms with E-state index in [1.807, 2.05) is 0 Å². The van der Waals surface area contributed by atoms with Gasteiger partial charge in [0.1, 0.15) is 18.2 Å². The van der Waals surface area contributed by atoms with Crippen LogP contribution in [0.15, 0.2) is 0 Å². The average molecular weight is 297 g/mol. The Morgan fingerprint density at radius 2 is 1.85 bits per heavy atom. The van der Waals surface area contributed by atoms with Gasteiger partial charge >= 0.3 is 11.9 Å². The fourth-order valence-corrected chi connectivity index (χ4v) is 1.16. The van der Waals surface area contributed by atoms with Crippen LogP contribution < -0.4 is 5.73 Å². The van der Waals surface area contributed by atoms with Crippen LogP contribution in [0.3, 0.4) is 0 Å².